The zero-order chi connectivity index (χ0) is 12.9. The summed E-state index contributed by atoms with van der Waals surface area (Å²) in [5.74, 6) is 0.658. The van der Waals surface area contributed by atoms with Crippen LogP contribution in [0.3, 0.4) is 0 Å². The van der Waals surface area contributed by atoms with Gasteiger partial charge in [0.25, 0.3) is 10.0 Å². The predicted octanol–water partition coefficient (Wildman–Crippen LogP) is 0.378. The summed E-state index contributed by atoms with van der Waals surface area (Å²) in [6.45, 7) is 4.19. The Labute approximate surface area is 102 Å². The highest BCUT2D eigenvalue weighted by Crippen LogP contribution is 2.08. The third-order valence-electron chi connectivity index (χ3n) is 2.47. The molecule has 6 nitrogen and oxygen atoms in total. The normalized spacial score (nSPS) is 13.8. The molecule has 4 N–H and O–H groups in total. The number of nitrogens with two attached hydrogens (primary N) is 1. The first kappa shape index (κ1) is 14.1. The molecule has 0 aliphatic heterocycles. The van der Waals surface area contributed by atoms with E-state index in [1.807, 2.05) is 13.8 Å². The summed E-state index contributed by atoms with van der Waals surface area (Å²) in [6, 6.07) is -0.224. The van der Waals surface area contributed by atoms with Crippen LogP contribution in [0.15, 0.2) is 11.2 Å². The van der Waals surface area contributed by atoms with Crippen LogP contribution in [-0.2, 0) is 16.4 Å². The third kappa shape index (κ3) is 3.79. The van der Waals surface area contributed by atoms with E-state index in [1.165, 1.54) is 6.20 Å². The molecule has 0 amide bonds. The number of aromatic nitrogens is 2. The topological polar surface area (TPSA) is 101 Å². The summed E-state index contributed by atoms with van der Waals surface area (Å²) >= 11 is 0. The smallest absolute Gasteiger partial charge is 0.257 e. The Kier molecular flexibility index (Phi) is 5.10. The number of sulfonamides is 1. The first-order chi connectivity index (χ1) is 8.03. The molecule has 0 bridgehead atoms. The van der Waals surface area contributed by atoms with Crippen LogP contribution >= 0.6 is 0 Å². The standard InChI is InChI=1S/C10H20N4O2S/c1-3-5-8(6-11)14-17(15,16)10-7-12-9(4-2)13-10/h7-8,14H,3-6,11H2,1-2H3,(H,12,13). The summed E-state index contributed by atoms with van der Waals surface area (Å²) in [6.07, 6.45) is 3.61. The van der Waals surface area contributed by atoms with E-state index in [0.29, 0.717) is 18.8 Å². The van der Waals surface area contributed by atoms with Gasteiger partial charge in [-0.3, -0.25) is 0 Å². The van der Waals surface area contributed by atoms with Gasteiger partial charge in [-0.1, -0.05) is 20.3 Å². The van der Waals surface area contributed by atoms with Crippen molar-refractivity contribution < 1.29 is 8.42 Å². The second-order valence-corrected chi connectivity index (χ2v) is 5.57. The van der Waals surface area contributed by atoms with Gasteiger partial charge in [-0.25, -0.2) is 18.1 Å². The molecule has 1 aromatic rings. The molecule has 17 heavy (non-hydrogen) atoms. The fourth-order valence-electron chi connectivity index (χ4n) is 1.52. The first-order valence-corrected chi connectivity index (χ1v) is 7.28. The van der Waals surface area contributed by atoms with Crippen LogP contribution in [0, 0.1) is 0 Å². The Balaban J connectivity index is 2.80. The van der Waals surface area contributed by atoms with E-state index in [-0.39, 0.29) is 11.1 Å². The molecule has 0 saturated heterocycles. The van der Waals surface area contributed by atoms with E-state index < -0.39 is 10.0 Å². The molecule has 7 heteroatoms. The Morgan fingerprint density at radius 3 is 2.71 bits per heavy atom. The lowest BCUT2D eigenvalue weighted by atomic mass is 10.2. The zero-order valence-corrected chi connectivity index (χ0v) is 11.0. The Morgan fingerprint density at radius 2 is 2.24 bits per heavy atom. The molecule has 1 rings (SSSR count). The van der Waals surface area contributed by atoms with E-state index in [2.05, 4.69) is 14.7 Å². The van der Waals surface area contributed by atoms with E-state index in [0.717, 1.165) is 12.8 Å². The van der Waals surface area contributed by atoms with Gasteiger partial charge in [0.05, 0.1) is 6.20 Å². The fraction of sp³-hybridized carbons (Fsp3) is 0.700. The zero-order valence-electron chi connectivity index (χ0n) is 10.2. The Bertz CT molecular complexity index is 441. The molecule has 1 aromatic heterocycles. The van der Waals surface area contributed by atoms with Gasteiger partial charge in [-0.15, -0.1) is 0 Å². The third-order valence-corrected chi connectivity index (χ3v) is 3.90. The Morgan fingerprint density at radius 1 is 1.53 bits per heavy atom. The van der Waals surface area contributed by atoms with Crippen molar-refractivity contribution in [2.75, 3.05) is 6.54 Å². The molecule has 1 heterocycles. The van der Waals surface area contributed by atoms with Gasteiger partial charge in [0.2, 0.25) is 0 Å². The maximum Gasteiger partial charge on any atom is 0.257 e. The van der Waals surface area contributed by atoms with Crippen LogP contribution in [0.25, 0.3) is 0 Å². The molecule has 0 fully saturated rings. The van der Waals surface area contributed by atoms with Crippen LogP contribution in [0.1, 0.15) is 32.5 Å². The van der Waals surface area contributed by atoms with Crippen molar-refractivity contribution in [3.05, 3.63) is 12.0 Å². The van der Waals surface area contributed by atoms with Gasteiger partial charge in [-0.2, -0.15) is 0 Å². The second kappa shape index (κ2) is 6.13. The monoisotopic (exact) mass is 260 g/mol. The van der Waals surface area contributed by atoms with Crippen LogP contribution in [-0.4, -0.2) is 31.0 Å². The summed E-state index contributed by atoms with van der Waals surface area (Å²) in [7, 11) is -3.53. The van der Waals surface area contributed by atoms with Gasteiger partial charge in [0.1, 0.15) is 5.82 Å². The highest BCUT2D eigenvalue weighted by Gasteiger charge is 2.20. The van der Waals surface area contributed by atoms with E-state index in [1.54, 1.807) is 0 Å². The van der Waals surface area contributed by atoms with E-state index >= 15 is 0 Å². The number of H-pyrrole nitrogens is 1. The largest absolute Gasteiger partial charge is 0.332 e. The van der Waals surface area contributed by atoms with Crippen LogP contribution in [0.5, 0.6) is 0 Å². The number of imidazole rings is 1. The molecule has 0 aliphatic rings. The quantitative estimate of drug-likeness (QED) is 0.659. The number of hydrogen-bond donors (Lipinski definition) is 3. The SMILES string of the molecule is CCCC(CN)NS(=O)(=O)c1cnc(CC)[nH]1. The molecule has 0 aromatic carbocycles. The van der Waals surface area contributed by atoms with Gasteiger partial charge >= 0.3 is 0 Å². The van der Waals surface area contributed by atoms with Crippen molar-refractivity contribution in [2.24, 2.45) is 5.73 Å². The van der Waals surface area contributed by atoms with Gasteiger partial charge in [0.15, 0.2) is 5.03 Å². The van der Waals surface area contributed by atoms with Crippen molar-refractivity contribution >= 4 is 10.0 Å². The van der Waals surface area contributed by atoms with E-state index in [9.17, 15) is 8.42 Å². The van der Waals surface area contributed by atoms with Gasteiger partial charge in [-0.05, 0) is 6.42 Å². The summed E-state index contributed by atoms with van der Waals surface area (Å²) in [5, 5.41) is 0.101. The second-order valence-electron chi connectivity index (χ2n) is 3.89. The van der Waals surface area contributed by atoms with Crippen molar-refractivity contribution in [3.63, 3.8) is 0 Å². The molecule has 1 unspecified atom stereocenters. The first-order valence-electron chi connectivity index (χ1n) is 5.79. The summed E-state index contributed by atoms with van der Waals surface area (Å²) in [5.41, 5.74) is 5.52. The minimum Gasteiger partial charge on any atom is -0.332 e. The van der Waals surface area contributed by atoms with Gasteiger partial charge < -0.3 is 10.7 Å². The molecule has 0 saturated carbocycles. The van der Waals surface area contributed by atoms with Gasteiger partial charge in [0, 0.05) is 19.0 Å². The molecule has 98 valence electrons. The number of aryl methyl sites for hydroxylation is 1. The lowest BCUT2D eigenvalue weighted by molar-refractivity contribution is 0.525. The van der Waals surface area contributed by atoms with Crippen molar-refractivity contribution in [2.45, 2.75) is 44.2 Å². The number of nitrogens with one attached hydrogen (secondary N) is 2. The molecule has 0 spiro atoms. The molecular formula is C10H20N4O2S. The van der Waals surface area contributed by atoms with Crippen LogP contribution < -0.4 is 10.5 Å². The highest BCUT2D eigenvalue weighted by molar-refractivity contribution is 7.89. The average Bonchev–Trinajstić information content (AvgIpc) is 2.77. The fourth-order valence-corrected chi connectivity index (χ4v) is 2.74. The van der Waals surface area contributed by atoms with Crippen LogP contribution in [0.2, 0.25) is 0 Å². The maximum atomic E-state index is 12.0. The molecule has 0 aliphatic carbocycles. The number of rotatable bonds is 7. The number of hydrogen-bond acceptors (Lipinski definition) is 4. The average molecular weight is 260 g/mol. The van der Waals surface area contributed by atoms with Crippen molar-refractivity contribution in [1.82, 2.24) is 14.7 Å². The van der Waals surface area contributed by atoms with Crippen molar-refractivity contribution in [3.8, 4) is 0 Å². The van der Waals surface area contributed by atoms with Crippen molar-refractivity contribution in [1.29, 1.82) is 0 Å². The van der Waals surface area contributed by atoms with Crippen LogP contribution in [0.4, 0.5) is 0 Å². The highest BCUT2D eigenvalue weighted by atomic mass is 32.2. The number of nitrogens with zero attached hydrogens (tertiary/aromatic N) is 1. The summed E-state index contributed by atoms with van der Waals surface area (Å²) in [4.78, 5) is 6.75. The lowest BCUT2D eigenvalue weighted by Gasteiger charge is -2.14. The molecular weight excluding hydrogens is 240 g/mol. The van der Waals surface area contributed by atoms with E-state index in [4.69, 9.17) is 5.73 Å². The minimum atomic E-state index is -3.53. The lowest BCUT2D eigenvalue weighted by Crippen LogP contribution is -2.40. The maximum absolute atomic E-state index is 12.0. The molecule has 0 radical (unpaired) electrons. The Hall–Kier alpha value is -0.920. The number of aromatic amines is 1. The summed E-state index contributed by atoms with van der Waals surface area (Å²) < 4.78 is 26.5. The minimum absolute atomic E-state index is 0.101. The molecule has 1 atom stereocenters. The predicted molar refractivity (Wildman–Crippen MR) is 66.0 cm³/mol.